The molecule has 0 unspecified atom stereocenters. The van der Waals surface area contributed by atoms with Crippen LogP contribution in [-0.2, 0) is 17.9 Å². The number of hydrogen-bond donors (Lipinski definition) is 0. The largest absolute Gasteiger partial charge is 0.334 e. The van der Waals surface area contributed by atoms with Gasteiger partial charge in [-0.2, -0.15) is 4.80 Å². The molecule has 124 valence electrons. The van der Waals surface area contributed by atoms with E-state index >= 15 is 0 Å². The summed E-state index contributed by atoms with van der Waals surface area (Å²) < 4.78 is 0. The first kappa shape index (κ1) is 16.3. The van der Waals surface area contributed by atoms with Crippen LogP contribution in [0.15, 0.2) is 47.8 Å². The summed E-state index contributed by atoms with van der Waals surface area (Å²) in [6.07, 6.45) is 0. The molecule has 3 aromatic rings. The summed E-state index contributed by atoms with van der Waals surface area (Å²) in [4.78, 5) is 16.8. The second-order valence-electron chi connectivity index (χ2n) is 5.72. The molecule has 0 atom stereocenters. The van der Waals surface area contributed by atoms with Crippen molar-refractivity contribution in [3.63, 3.8) is 0 Å². The van der Waals surface area contributed by atoms with Crippen LogP contribution < -0.4 is 0 Å². The fourth-order valence-corrected chi connectivity index (χ4v) is 3.01. The van der Waals surface area contributed by atoms with Gasteiger partial charge in [-0.05, 0) is 36.1 Å². The molecule has 1 aromatic carbocycles. The number of thiophene rings is 1. The third-order valence-electron chi connectivity index (χ3n) is 3.61. The first-order valence-corrected chi connectivity index (χ1v) is 8.66. The Hall–Kier alpha value is -2.54. The lowest BCUT2D eigenvalue weighted by Gasteiger charge is -2.26. The van der Waals surface area contributed by atoms with E-state index in [9.17, 15) is 4.79 Å². The summed E-state index contributed by atoms with van der Waals surface area (Å²) in [6.45, 7) is 4.67. The SMILES string of the molecule is CC(C)N(Cc1ccccc1)C(=O)Cn1nnc(-c2cccs2)n1. The van der Waals surface area contributed by atoms with Crippen molar-refractivity contribution < 1.29 is 4.79 Å². The Morgan fingerprint density at radius 1 is 1.21 bits per heavy atom. The van der Waals surface area contributed by atoms with Crippen molar-refractivity contribution >= 4 is 17.2 Å². The molecule has 0 N–H and O–H groups in total. The van der Waals surface area contributed by atoms with Crippen molar-refractivity contribution in [1.29, 1.82) is 0 Å². The first-order valence-electron chi connectivity index (χ1n) is 7.78. The average molecular weight is 341 g/mol. The van der Waals surface area contributed by atoms with Crippen LogP contribution >= 0.6 is 11.3 Å². The lowest BCUT2D eigenvalue weighted by atomic mass is 10.2. The second-order valence-corrected chi connectivity index (χ2v) is 6.67. The van der Waals surface area contributed by atoms with Crippen molar-refractivity contribution in [2.75, 3.05) is 0 Å². The van der Waals surface area contributed by atoms with E-state index in [0.717, 1.165) is 10.4 Å². The molecule has 0 aliphatic rings. The van der Waals surface area contributed by atoms with Gasteiger partial charge in [-0.15, -0.1) is 21.5 Å². The number of hydrogen-bond acceptors (Lipinski definition) is 5. The average Bonchev–Trinajstić information content (AvgIpc) is 3.24. The summed E-state index contributed by atoms with van der Waals surface area (Å²) in [7, 11) is 0. The van der Waals surface area contributed by atoms with Gasteiger partial charge in [0.1, 0.15) is 6.54 Å². The number of nitrogens with zero attached hydrogens (tertiary/aromatic N) is 5. The minimum atomic E-state index is -0.0241. The third kappa shape index (κ3) is 3.86. The first-order chi connectivity index (χ1) is 11.6. The van der Waals surface area contributed by atoms with Crippen molar-refractivity contribution in [2.45, 2.75) is 33.0 Å². The standard InChI is InChI=1S/C17H19N5OS/c1-13(2)21(11-14-7-4-3-5-8-14)16(23)12-22-19-17(18-20-22)15-9-6-10-24-15/h3-10,13H,11-12H2,1-2H3. The monoisotopic (exact) mass is 341 g/mol. The van der Waals surface area contributed by atoms with Crippen LogP contribution in [0.2, 0.25) is 0 Å². The highest BCUT2D eigenvalue weighted by atomic mass is 32.1. The maximum Gasteiger partial charge on any atom is 0.246 e. The van der Waals surface area contributed by atoms with Crippen LogP contribution in [0.25, 0.3) is 10.7 Å². The summed E-state index contributed by atoms with van der Waals surface area (Å²) in [5.41, 5.74) is 1.10. The quantitative estimate of drug-likeness (QED) is 0.691. The Morgan fingerprint density at radius 2 is 2.00 bits per heavy atom. The summed E-state index contributed by atoms with van der Waals surface area (Å²) in [5, 5.41) is 14.3. The van der Waals surface area contributed by atoms with Crippen LogP contribution in [0, 0.1) is 0 Å². The molecular formula is C17H19N5OS. The number of benzene rings is 1. The molecule has 0 spiro atoms. The van der Waals surface area contributed by atoms with E-state index in [1.54, 1.807) is 11.3 Å². The predicted octanol–water partition coefficient (Wildman–Crippen LogP) is 2.84. The molecule has 0 fully saturated rings. The summed E-state index contributed by atoms with van der Waals surface area (Å²) in [6, 6.07) is 13.9. The molecule has 7 heteroatoms. The van der Waals surface area contributed by atoms with Crippen molar-refractivity contribution in [2.24, 2.45) is 0 Å². The van der Waals surface area contributed by atoms with Gasteiger partial charge in [0.15, 0.2) is 0 Å². The summed E-state index contributed by atoms with van der Waals surface area (Å²) in [5.74, 6) is 0.529. The molecule has 2 heterocycles. The Labute approximate surface area is 144 Å². The van der Waals surface area contributed by atoms with Gasteiger partial charge in [-0.25, -0.2) is 0 Å². The maximum atomic E-state index is 12.7. The fraction of sp³-hybridized carbons (Fsp3) is 0.294. The zero-order valence-electron chi connectivity index (χ0n) is 13.7. The normalized spacial score (nSPS) is 11.0. The highest BCUT2D eigenvalue weighted by Gasteiger charge is 2.19. The number of rotatable bonds is 6. The summed E-state index contributed by atoms with van der Waals surface area (Å²) >= 11 is 1.55. The van der Waals surface area contributed by atoms with E-state index in [4.69, 9.17) is 0 Å². The van der Waals surface area contributed by atoms with Crippen molar-refractivity contribution in [3.8, 4) is 10.7 Å². The van der Waals surface area contributed by atoms with Crippen LogP contribution in [0.1, 0.15) is 19.4 Å². The Kier molecular flexibility index (Phi) is 5.00. The van der Waals surface area contributed by atoms with Gasteiger partial charge in [0, 0.05) is 12.6 Å². The minimum absolute atomic E-state index is 0.0241. The molecule has 0 aliphatic carbocycles. The maximum absolute atomic E-state index is 12.7. The van der Waals surface area contributed by atoms with Crippen LogP contribution in [0.3, 0.4) is 0 Å². The molecule has 1 amide bonds. The number of amides is 1. The van der Waals surface area contributed by atoms with Gasteiger partial charge in [0.2, 0.25) is 11.7 Å². The van der Waals surface area contributed by atoms with E-state index in [1.807, 2.05) is 66.6 Å². The van der Waals surface area contributed by atoms with Gasteiger partial charge in [-0.3, -0.25) is 4.79 Å². The molecule has 0 saturated carbocycles. The Morgan fingerprint density at radius 3 is 2.67 bits per heavy atom. The fourth-order valence-electron chi connectivity index (χ4n) is 2.37. The van der Waals surface area contributed by atoms with Crippen LogP contribution in [0.5, 0.6) is 0 Å². The molecule has 0 radical (unpaired) electrons. The van der Waals surface area contributed by atoms with Crippen molar-refractivity contribution in [1.82, 2.24) is 25.1 Å². The van der Waals surface area contributed by atoms with E-state index in [-0.39, 0.29) is 18.5 Å². The van der Waals surface area contributed by atoms with Gasteiger partial charge >= 0.3 is 0 Å². The number of tetrazole rings is 1. The number of carbonyl (C=O) groups is 1. The molecule has 0 saturated heterocycles. The molecule has 0 bridgehead atoms. The van der Waals surface area contributed by atoms with Gasteiger partial charge in [-0.1, -0.05) is 36.4 Å². The number of aromatic nitrogens is 4. The van der Waals surface area contributed by atoms with E-state index in [2.05, 4.69) is 15.4 Å². The lowest BCUT2D eigenvalue weighted by Crippen LogP contribution is -2.39. The smallest absolute Gasteiger partial charge is 0.246 e. The molecule has 0 aliphatic heterocycles. The Balaban J connectivity index is 1.70. The van der Waals surface area contributed by atoms with Gasteiger partial charge < -0.3 is 4.90 Å². The van der Waals surface area contributed by atoms with E-state index in [1.165, 1.54) is 4.80 Å². The zero-order chi connectivity index (χ0) is 16.9. The van der Waals surface area contributed by atoms with Gasteiger partial charge in [0.25, 0.3) is 0 Å². The van der Waals surface area contributed by atoms with E-state index in [0.29, 0.717) is 12.4 Å². The second kappa shape index (κ2) is 7.35. The topological polar surface area (TPSA) is 63.9 Å². The van der Waals surface area contributed by atoms with Crippen molar-refractivity contribution in [3.05, 3.63) is 53.4 Å². The van der Waals surface area contributed by atoms with Crippen LogP contribution in [-0.4, -0.2) is 37.1 Å². The molecule has 2 aromatic heterocycles. The van der Waals surface area contributed by atoms with Gasteiger partial charge in [0.05, 0.1) is 4.88 Å². The van der Waals surface area contributed by atoms with E-state index < -0.39 is 0 Å². The molecular weight excluding hydrogens is 322 g/mol. The highest BCUT2D eigenvalue weighted by Crippen LogP contribution is 2.19. The third-order valence-corrected chi connectivity index (χ3v) is 4.48. The molecule has 6 nitrogen and oxygen atoms in total. The highest BCUT2D eigenvalue weighted by molar-refractivity contribution is 7.13. The number of carbonyl (C=O) groups excluding carboxylic acids is 1. The lowest BCUT2D eigenvalue weighted by molar-refractivity contribution is -0.134. The Bertz CT molecular complexity index is 782. The molecule has 24 heavy (non-hydrogen) atoms. The minimum Gasteiger partial charge on any atom is -0.334 e. The predicted molar refractivity (Wildman–Crippen MR) is 93.3 cm³/mol. The molecule has 3 rings (SSSR count). The zero-order valence-corrected chi connectivity index (χ0v) is 14.5. The van der Waals surface area contributed by atoms with Crippen LogP contribution in [0.4, 0.5) is 0 Å².